The van der Waals surface area contributed by atoms with E-state index in [1.807, 2.05) is 17.6 Å². The molecular weight excluding hydrogens is 546 g/mol. The van der Waals surface area contributed by atoms with Crippen LogP contribution in [0.3, 0.4) is 0 Å². The monoisotopic (exact) mass is 571 g/mol. The molecule has 0 saturated carbocycles. The maximum Gasteiger partial charge on any atom is 0.337 e. The van der Waals surface area contributed by atoms with Crippen molar-refractivity contribution in [1.82, 2.24) is 8.87 Å². The van der Waals surface area contributed by atoms with Crippen LogP contribution < -0.4 is 4.80 Å². The summed E-state index contributed by atoms with van der Waals surface area (Å²) in [5, 5.41) is 0. The van der Waals surface area contributed by atoms with E-state index in [9.17, 15) is 18.0 Å². The first-order valence-electron chi connectivity index (χ1n) is 11.4. The molecule has 1 saturated heterocycles. The van der Waals surface area contributed by atoms with Gasteiger partial charge in [-0.15, -0.1) is 11.3 Å². The van der Waals surface area contributed by atoms with E-state index in [0.29, 0.717) is 47.3 Å². The quantitative estimate of drug-likeness (QED) is 0.301. The van der Waals surface area contributed by atoms with Crippen LogP contribution in [0.4, 0.5) is 0 Å². The van der Waals surface area contributed by atoms with Gasteiger partial charge in [-0.3, -0.25) is 4.79 Å². The third kappa shape index (κ3) is 5.74. The number of fused-ring (bicyclic) bond motifs is 1. The molecule has 0 aliphatic carbocycles. The summed E-state index contributed by atoms with van der Waals surface area (Å²) < 4.78 is 40.8. The van der Waals surface area contributed by atoms with E-state index in [4.69, 9.17) is 21.1 Å². The Labute approximate surface area is 222 Å². The van der Waals surface area contributed by atoms with Gasteiger partial charge in [0.25, 0.3) is 15.9 Å². The molecule has 13 heteroatoms. The molecule has 3 heterocycles. The van der Waals surface area contributed by atoms with Gasteiger partial charge in [0.15, 0.2) is 4.80 Å². The van der Waals surface area contributed by atoms with E-state index >= 15 is 0 Å². The van der Waals surface area contributed by atoms with Gasteiger partial charge in [-0.25, -0.2) is 13.2 Å². The van der Waals surface area contributed by atoms with Gasteiger partial charge in [0.05, 0.1) is 33.8 Å². The Morgan fingerprint density at radius 3 is 2.56 bits per heavy atom. The first kappa shape index (κ1) is 27.0. The molecule has 0 spiro atoms. The lowest BCUT2D eigenvalue weighted by atomic mass is 9.98. The molecule has 4 rings (SSSR count). The summed E-state index contributed by atoms with van der Waals surface area (Å²) in [5.41, 5.74) is 1.26. The molecule has 1 amide bonds. The largest absolute Gasteiger partial charge is 0.465 e. The fourth-order valence-electron chi connectivity index (χ4n) is 4.01. The highest BCUT2D eigenvalue weighted by molar-refractivity contribution is 7.91. The highest BCUT2D eigenvalue weighted by atomic mass is 35.5. The number of carbonyl (C=O) groups excluding carboxylic acids is 2. The van der Waals surface area contributed by atoms with Crippen molar-refractivity contribution in [1.29, 1.82) is 0 Å². The summed E-state index contributed by atoms with van der Waals surface area (Å²) in [5.74, 6) is -1.09. The summed E-state index contributed by atoms with van der Waals surface area (Å²) >= 11 is 8.25. The van der Waals surface area contributed by atoms with Gasteiger partial charge in [0.1, 0.15) is 4.21 Å². The van der Waals surface area contributed by atoms with Crippen molar-refractivity contribution in [3.05, 3.63) is 45.0 Å². The molecule has 1 aliphatic heterocycles. The van der Waals surface area contributed by atoms with Crippen molar-refractivity contribution in [2.24, 2.45) is 10.9 Å². The van der Waals surface area contributed by atoms with Crippen LogP contribution in [-0.4, -0.2) is 62.6 Å². The number of piperidine rings is 1. The Morgan fingerprint density at radius 1 is 1.17 bits per heavy atom. The molecule has 194 valence electrons. The van der Waals surface area contributed by atoms with Gasteiger partial charge < -0.3 is 14.0 Å². The van der Waals surface area contributed by atoms with Crippen molar-refractivity contribution in [2.45, 2.75) is 30.5 Å². The Balaban J connectivity index is 1.56. The number of methoxy groups -OCH3 is 1. The van der Waals surface area contributed by atoms with Crippen LogP contribution >= 0.6 is 34.3 Å². The number of thiazole rings is 1. The highest BCUT2D eigenvalue weighted by Gasteiger charge is 2.33. The van der Waals surface area contributed by atoms with E-state index in [-0.39, 0.29) is 29.1 Å². The molecule has 0 unspecified atom stereocenters. The number of amides is 1. The maximum absolute atomic E-state index is 13.1. The predicted molar refractivity (Wildman–Crippen MR) is 139 cm³/mol. The molecule has 9 nitrogen and oxygen atoms in total. The van der Waals surface area contributed by atoms with Gasteiger partial charge >= 0.3 is 5.97 Å². The molecule has 1 fully saturated rings. The molecule has 0 N–H and O–H groups in total. The molecule has 0 radical (unpaired) electrons. The van der Waals surface area contributed by atoms with Crippen molar-refractivity contribution in [3.8, 4) is 0 Å². The number of nitrogens with zero attached hydrogens (tertiary/aromatic N) is 3. The van der Waals surface area contributed by atoms with Crippen LogP contribution in [0, 0.1) is 5.92 Å². The Morgan fingerprint density at radius 2 is 1.92 bits per heavy atom. The third-order valence-electron chi connectivity index (χ3n) is 5.92. The fourth-order valence-corrected chi connectivity index (χ4v) is 8.22. The van der Waals surface area contributed by atoms with Gasteiger partial charge in [0.2, 0.25) is 0 Å². The second-order valence-electron chi connectivity index (χ2n) is 8.09. The molecule has 2 aromatic heterocycles. The van der Waals surface area contributed by atoms with Crippen molar-refractivity contribution in [2.75, 3.05) is 33.4 Å². The number of thiophene rings is 1. The standard InChI is InChI=1S/C23H26ClN3O6S3/c1-3-33-13-12-27-17-5-4-16(22(29)32-2)14-18(17)34-23(27)25-21(28)15-8-10-26(11-9-15)36(30,31)20-7-6-19(24)35-20/h4-7,14-15H,3,8-13H2,1-2H3. The number of sulfonamides is 1. The minimum Gasteiger partial charge on any atom is -0.465 e. The molecule has 3 aromatic rings. The number of hydrogen-bond acceptors (Lipinski definition) is 8. The number of aromatic nitrogens is 1. The lowest BCUT2D eigenvalue weighted by Gasteiger charge is -2.29. The van der Waals surface area contributed by atoms with E-state index in [1.54, 1.807) is 18.2 Å². The van der Waals surface area contributed by atoms with Crippen molar-refractivity contribution < 1.29 is 27.5 Å². The van der Waals surface area contributed by atoms with Crippen LogP contribution in [-0.2, 0) is 30.8 Å². The number of esters is 1. The second-order valence-corrected chi connectivity index (χ2v) is 13.0. The number of benzene rings is 1. The summed E-state index contributed by atoms with van der Waals surface area (Å²) in [6, 6.07) is 8.29. The lowest BCUT2D eigenvalue weighted by Crippen LogP contribution is -2.40. The van der Waals surface area contributed by atoms with Crippen LogP contribution in [0.25, 0.3) is 10.2 Å². The summed E-state index contributed by atoms with van der Waals surface area (Å²) in [6.45, 7) is 3.90. The van der Waals surface area contributed by atoms with E-state index < -0.39 is 16.0 Å². The SMILES string of the molecule is CCOCCn1c(=NC(=O)C2CCN(S(=O)(=O)c3ccc(Cl)s3)CC2)sc2cc(C(=O)OC)ccc21. The second kappa shape index (κ2) is 11.5. The Bertz CT molecular complexity index is 1430. The Hall–Kier alpha value is -2.09. The lowest BCUT2D eigenvalue weighted by molar-refractivity contribution is -0.122. The minimum atomic E-state index is -3.63. The predicted octanol–water partition coefficient (Wildman–Crippen LogP) is 3.77. The minimum absolute atomic E-state index is 0.203. The van der Waals surface area contributed by atoms with Crippen LogP contribution in [0.1, 0.15) is 30.1 Å². The van der Waals surface area contributed by atoms with Crippen LogP contribution in [0.5, 0.6) is 0 Å². The maximum atomic E-state index is 13.1. The zero-order valence-corrected chi connectivity index (χ0v) is 23.0. The summed E-state index contributed by atoms with van der Waals surface area (Å²) in [4.78, 5) is 30.0. The first-order valence-corrected chi connectivity index (χ1v) is 14.8. The zero-order chi connectivity index (χ0) is 25.9. The summed E-state index contributed by atoms with van der Waals surface area (Å²) in [6.07, 6.45) is 0.772. The van der Waals surface area contributed by atoms with Gasteiger partial charge in [-0.05, 0) is 50.1 Å². The van der Waals surface area contributed by atoms with Gasteiger partial charge in [-0.1, -0.05) is 22.9 Å². The molecule has 36 heavy (non-hydrogen) atoms. The highest BCUT2D eigenvalue weighted by Crippen LogP contribution is 2.31. The third-order valence-corrected chi connectivity index (χ3v) is 10.6. The number of halogens is 1. The number of hydrogen-bond donors (Lipinski definition) is 0. The van der Waals surface area contributed by atoms with E-state index in [0.717, 1.165) is 21.6 Å². The number of rotatable bonds is 8. The molecule has 1 aromatic carbocycles. The van der Waals surface area contributed by atoms with Gasteiger partial charge in [0, 0.05) is 32.2 Å². The first-order chi connectivity index (χ1) is 17.2. The van der Waals surface area contributed by atoms with Crippen LogP contribution in [0.2, 0.25) is 4.34 Å². The van der Waals surface area contributed by atoms with Crippen molar-refractivity contribution in [3.63, 3.8) is 0 Å². The normalized spacial score (nSPS) is 16.0. The average molecular weight is 572 g/mol. The van der Waals surface area contributed by atoms with E-state index in [2.05, 4.69) is 4.99 Å². The average Bonchev–Trinajstić information content (AvgIpc) is 3.47. The molecule has 1 aliphatic rings. The zero-order valence-electron chi connectivity index (χ0n) is 19.8. The molecule has 0 bridgehead atoms. The molecular formula is C23H26ClN3O6S3. The van der Waals surface area contributed by atoms with Gasteiger partial charge in [-0.2, -0.15) is 9.30 Å². The Kier molecular flexibility index (Phi) is 8.63. The fraction of sp³-hybridized carbons (Fsp3) is 0.435. The summed E-state index contributed by atoms with van der Waals surface area (Å²) in [7, 11) is -2.30. The van der Waals surface area contributed by atoms with Crippen molar-refractivity contribution >= 4 is 66.4 Å². The topological polar surface area (TPSA) is 107 Å². The number of carbonyl (C=O) groups is 2. The molecule has 0 atom stereocenters. The smallest absolute Gasteiger partial charge is 0.337 e. The van der Waals surface area contributed by atoms with Crippen LogP contribution in [0.15, 0.2) is 39.5 Å². The van der Waals surface area contributed by atoms with E-state index in [1.165, 1.54) is 28.8 Å². The number of ether oxygens (including phenoxy) is 2.